The Hall–Kier alpha value is -2.10. The van der Waals surface area contributed by atoms with Gasteiger partial charge >= 0.3 is 11.9 Å². The number of hydrogen-bond acceptors (Lipinski definition) is 4. The number of esters is 2. The van der Waals surface area contributed by atoms with Crippen molar-refractivity contribution in [2.45, 2.75) is 19.8 Å². The van der Waals surface area contributed by atoms with Crippen molar-refractivity contribution in [2.75, 3.05) is 14.2 Å². The third-order valence-electron chi connectivity index (χ3n) is 3.76. The van der Waals surface area contributed by atoms with E-state index in [-0.39, 0.29) is 0 Å². The van der Waals surface area contributed by atoms with Crippen LogP contribution in [-0.4, -0.2) is 26.2 Å². The van der Waals surface area contributed by atoms with Crippen molar-refractivity contribution in [1.82, 2.24) is 0 Å². The first-order chi connectivity index (χ1) is 9.53. The van der Waals surface area contributed by atoms with Gasteiger partial charge in [-0.25, -0.2) is 0 Å². The van der Waals surface area contributed by atoms with Crippen LogP contribution >= 0.6 is 0 Å². The molecule has 0 aliphatic heterocycles. The van der Waals surface area contributed by atoms with Gasteiger partial charge in [-0.05, 0) is 30.9 Å². The van der Waals surface area contributed by atoms with Gasteiger partial charge in [0, 0.05) is 0 Å². The fourth-order valence-electron chi connectivity index (χ4n) is 2.54. The van der Waals surface area contributed by atoms with Crippen LogP contribution in [0.5, 0.6) is 0 Å². The van der Waals surface area contributed by atoms with Gasteiger partial charge in [-0.2, -0.15) is 0 Å². The molecule has 1 aliphatic rings. The average Bonchev–Trinajstić information content (AvgIpc) is 2.92. The van der Waals surface area contributed by atoms with Crippen LogP contribution in [0, 0.1) is 12.3 Å². The first kappa shape index (κ1) is 14.3. The SMILES string of the molecule is COC(=O)C1(C(=O)OC)CC=C(c2ccc(C)cc2)C1. The van der Waals surface area contributed by atoms with E-state index in [2.05, 4.69) is 0 Å². The van der Waals surface area contributed by atoms with Crippen LogP contribution < -0.4 is 0 Å². The molecular formula is C16H18O4. The second kappa shape index (κ2) is 5.49. The van der Waals surface area contributed by atoms with Crippen LogP contribution in [-0.2, 0) is 19.1 Å². The molecule has 4 heteroatoms. The predicted molar refractivity (Wildman–Crippen MR) is 74.9 cm³/mol. The van der Waals surface area contributed by atoms with E-state index in [0.717, 1.165) is 11.1 Å². The molecule has 0 N–H and O–H groups in total. The molecule has 106 valence electrons. The molecule has 0 fully saturated rings. The Balaban J connectivity index is 2.29. The van der Waals surface area contributed by atoms with Crippen molar-refractivity contribution in [2.24, 2.45) is 5.41 Å². The molecular weight excluding hydrogens is 256 g/mol. The second-order valence-corrected chi connectivity index (χ2v) is 5.04. The Bertz CT molecular complexity index is 538. The maximum Gasteiger partial charge on any atom is 0.323 e. The van der Waals surface area contributed by atoms with E-state index in [1.54, 1.807) is 0 Å². The minimum atomic E-state index is -1.23. The van der Waals surface area contributed by atoms with Gasteiger partial charge in [0.05, 0.1) is 14.2 Å². The van der Waals surface area contributed by atoms with Gasteiger partial charge < -0.3 is 9.47 Å². The Morgan fingerprint density at radius 3 is 2.10 bits per heavy atom. The lowest BCUT2D eigenvalue weighted by molar-refractivity contribution is -0.168. The van der Waals surface area contributed by atoms with E-state index in [9.17, 15) is 9.59 Å². The molecule has 0 saturated heterocycles. The van der Waals surface area contributed by atoms with E-state index in [1.165, 1.54) is 19.8 Å². The van der Waals surface area contributed by atoms with Crippen molar-refractivity contribution < 1.29 is 19.1 Å². The normalized spacial score (nSPS) is 16.4. The summed E-state index contributed by atoms with van der Waals surface area (Å²) in [5.74, 6) is -1.08. The first-order valence-corrected chi connectivity index (χ1v) is 6.46. The number of rotatable bonds is 3. The molecule has 0 bridgehead atoms. The van der Waals surface area contributed by atoms with E-state index in [1.807, 2.05) is 37.3 Å². The number of benzene rings is 1. The van der Waals surface area contributed by atoms with Gasteiger partial charge in [0.1, 0.15) is 0 Å². The minimum Gasteiger partial charge on any atom is -0.468 e. The summed E-state index contributed by atoms with van der Waals surface area (Å²) in [6, 6.07) is 8.00. The zero-order valence-electron chi connectivity index (χ0n) is 11.9. The van der Waals surface area contributed by atoms with Gasteiger partial charge in [-0.3, -0.25) is 9.59 Å². The molecule has 2 rings (SSSR count). The van der Waals surface area contributed by atoms with Crippen LogP contribution in [0.3, 0.4) is 0 Å². The Labute approximate surface area is 118 Å². The van der Waals surface area contributed by atoms with Gasteiger partial charge in [0.25, 0.3) is 0 Å². The zero-order chi connectivity index (χ0) is 14.8. The summed E-state index contributed by atoms with van der Waals surface area (Å²) in [6.07, 6.45) is 2.55. The Morgan fingerprint density at radius 2 is 1.60 bits per heavy atom. The number of hydrogen-bond donors (Lipinski definition) is 0. The maximum atomic E-state index is 12.0. The number of methoxy groups -OCH3 is 2. The third-order valence-corrected chi connectivity index (χ3v) is 3.76. The topological polar surface area (TPSA) is 52.6 Å². The summed E-state index contributed by atoms with van der Waals surface area (Å²) in [6.45, 7) is 2.01. The smallest absolute Gasteiger partial charge is 0.323 e. The molecule has 0 heterocycles. The molecule has 0 atom stereocenters. The van der Waals surface area contributed by atoms with E-state index >= 15 is 0 Å². The Morgan fingerprint density at radius 1 is 1.05 bits per heavy atom. The zero-order valence-corrected chi connectivity index (χ0v) is 11.9. The molecule has 1 aromatic rings. The molecule has 4 nitrogen and oxygen atoms in total. The number of allylic oxidation sites excluding steroid dienone is 2. The highest BCUT2D eigenvalue weighted by Gasteiger charge is 2.50. The maximum absolute atomic E-state index is 12.0. The van der Waals surface area contributed by atoms with Crippen molar-refractivity contribution in [3.8, 4) is 0 Å². The van der Waals surface area contributed by atoms with Gasteiger partial charge in [-0.1, -0.05) is 35.9 Å². The fraction of sp³-hybridized carbons (Fsp3) is 0.375. The van der Waals surface area contributed by atoms with Crippen LogP contribution in [0.15, 0.2) is 30.3 Å². The fourth-order valence-corrected chi connectivity index (χ4v) is 2.54. The van der Waals surface area contributed by atoms with Crippen LogP contribution in [0.4, 0.5) is 0 Å². The lowest BCUT2D eigenvalue weighted by atomic mass is 9.83. The molecule has 0 spiro atoms. The van der Waals surface area contributed by atoms with Gasteiger partial charge in [0.2, 0.25) is 0 Å². The molecule has 20 heavy (non-hydrogen) atoms. The number of carbonyl (C=O) groups is 2. The van der Waals surface area contributed by atoms with E-state index < -0.39 is 17.4 Å². The lowest BCUT2D eigenvalue weighted by Crippen LogP contribution is -2.39. The summed E-state index contributed by atoms with van der Waals surface area (Å²) < 4.78 is 9.58. The molecule has 1 aromatic carbocycles. The highest BCUT2D eigenvalue weighted by molar-refractivity contribution is 6.03. The first-order valence-electron chi connectivity index (χ1n) is 6.46. The number of ether oxygens (including phenoxy) is 2. The van der Waals surface area contributed by atoms with E-state index in [0.29, 0.717) is 12.8 Å². The van der Waals surface area contributed by atoms with Crippen LogP contribution in [0.25, 0.3) is 5.57 Å². The van der Waals surface area contributed by atoms with Crippen molar-refractivity contribution in [3.63, 3.8) is 0 Å². The van der Waals surface area contributed by atoms with Crippen LogP contribution in [0.1, 0.15) is 24.0 Å². The monoisotopic (exact) mass is 274 g/mol. The van der Waals surface area contributed by atoms with Crippen molar-refractivity contribution >= 4 is 17.5 Å². The number of carbonyl (C=O) groups excluding carboxylic acids is 2. The summed E-state index contributed by atoms with van der Waals surface area (Å²) >= 11 is 0. The van der Waals surface area contributed by atoms with Crippen LogP contribution in [0.2, 0.25) is 0 Å². The molecule has 0 saturated carbocycles. The predicted octanol–water partition coefficient (Wildman–Crippen LogP) is 2.50. The van der Waals surface area contributed by atoms with Gasteiger partial charge in [0.15, 0.2) is 5.41 Å². The van der Waals surface area contributed by atoms with Crippen molar-refractivity contribution in [3.05, 3.63) is 41.5 Å². The van der Waals surface area contributed by atoms with Crippen molar-refractivity contribution in [1.29, 1.82) is 0 Å². The molecule has 0 amide bonds. The molecule has 0 aromatic heterocycles. The summed E-state index contributed by atoms with van der Waals surface area (Å²) in [5, 5.41) is 0. The third kappa shape index (κ3) is 2.33. The molecule has 0 radical (unpaired) electrons. The average molecular weight is 274 g/mol. The second-order valence-electron chi connectivity index (χ2n) is 5.04. The Kier molecular flexibility index (Phi) is 3.93. The molecule has 1 aliphatic carbocycles. The standard InChI is InChI=1S/C16H18O4/c1-11-4-6-12(7-5-11)13-8-9-16(10-13,14(17)19-2)15(18)20-3/h4-8H,9-10H2,1-3H3. The van der Waals surface area contributed by atoms with E-state index in [4.69, 9.17) is 9.47 Å². The highest BCUT2D eigenvalue weighted by atomic mass is 16.5. The highest BCUT2D eigenvalue weighted by Crippen LogP contribution is 2.43. The number of aryl methyl sites for hydroxylation is 1. The quantitative estimate of drug-likeness (QED) is 0.627. The largest absolute Gasteiger partial charge is 0.468 e. The summed E-state index contributed by atoms with van der Waals surface area (Å²) in [7, 11) is 2.58. The summed E-state index contributed by atoms with van der Waals surface area (Å²) in [4.78, 5) is 24.0. The van der Waals surface area contributed by atoms with Gasteiger partial charge in [-0.15, -0.1) is 0 Å². The summed E-state index contributed by atoms with van der Waals surface area (Å²) in [5.41, 5.74) is 1.93. The minimum absolute atomic E-state index is 0.315. The lowest BCUT2D eigenvalue weighted by Gasteiger charge is -2.23. The molecule has 0 unspecified atom stereocenters.